The van der Waals surface area contributed by atoms with E-state index >= 15 is 0 Å². The smallest absolute Gasteiger partial charge is 0.338 e. The Balaban J connectivity index is 0.00000264. The molecule has 1 fully saturated rings. The molecule has 3 N–H and O–H groups in total. The van der Waals surface area contributed by atoms with Crippen LogP contribution in [0.3, 0.4) is 0 Å². The topological polar surface area (TPSA) is 98.5 Å². The number of nitrogens with one attached hydrogen (secondary N) is 1. The predicted molar refractivity (Wildman–Crippen MR) is 90.3 cm³/mol. The molecule has 1 aromatic carbocycles. The van der Waals surface area contributed by atoms with Crippen molar-refractivity contribution in [1.82, 2.24) is 4.72 Å². The molecule has 0 heterocycles. The number of carbonyl (C=O) groups is 1. The van der Waals surface area contributed by atoms with Crippen molar-refractivity contribution in [3.8, 4) is 0 Å². The highest BCUT2D eigenvalue weighted by Gasteiger charge is 2.26. The Morgan fingerprint density at radius 3 is 2.43 bits per heavy atom. The molecule has 1 aromatic rings. The number of carbonyl (C=O) groups excluding carboxylic acids is 1. The largest absolute Gasteiger partial charge is 0.465 e. The first-order chi connectivity index (χ1) is 10.3. The molecule has 1 aliphatic carbocycles. The minimum atomic E-state index is -3.67. The van der Waals surface area contributed by atoms with Gasteiger partial charge in [0.2, 0.25) is 10.0 Å². The first-order valence-electron chi connectivity index (χ1n) is 7.31. The molecule has 0 aromatic heterocycles. The summed E-state index contributed by atoms with van der Waals surface area (Å²) in [5.74, 6) is -0.543. The first kappa shape index (κ1) is 19.9. The number of ether oxygens (including phenoxy) is 1. The molecule has 6 nitrogen and oxygen atoms in total. The fraction of sp³-hybridized carbons (Fsp3) is 0.533. The van der Waals surface area contributed by atoms with Crippen LogP contribution in [0.2, 0.25) is 0 Å². The van der Waals surface area contributed by atoms with Crippen LogP contribution in [0.15, 0.2) is 23.1 Å². The summed E-state index contributed by atoms with van der Waals surface area (Å²) in [5, 5.41) is 0. The van der Waals surface area contributed by atoms with E-state index in [1.807, 2.05) is 0 Å². The van der Waals surface area contributed by atoms with Gasteiger partial charge in [-0.05, 0) is 50.3 Å². The molecule has 0 amide bonds. The van der Waals surface area contributed by atoms with Crippen molar-refractivity contribution < 1.29 is 17.9 Å². The van der Waals surface area contributed by atoms with Gasteiger partial charge in [-0.15, -0.1) is 12.4 Å². The van der Waals surface area contributed by atoms with E-state index in [0.29, 0.717) is 5.56 Å². The molecule has 0 atom stereocenters. The molecule has 1 saturated carbocycles. The third kappa shape index (κ3) is 4.67. The lowest BCUT2D eigenvalue weighted by Crippen LogP contribution is -2.40. The number of rotatable bonds is 4. The van der Waals surface area contributed by atoms with Gasteiger partial charge in [0.15, 0.2) is 0 Å². The molecule has 0 spiro atoms. The Hall–Kier alpha value is -1.15. The van der Waals surface area contributed by atoms with Gasteiger partial charge in [0.25, 0.3) is 0 Å². The number of hydrogen-bond acceptors (Lipinski definition) is 5. The number of hydrogen-bond donors (Lipinski definition) is 2. The second kappa shape index (κ2) is 8.10. The van der Waals surface area contributed by atoms with Gasteiger partial charge in [0, 0.05) is 12.1 Å². The number of nitrogens with two attached hydrogens (primary N) is 1. The van der Waals surface area contributed by atoms with Gasteiger partial charge < -0.3 is 10.5 Å². The molecular weight excluding hydrogens is 340 g/mol. The van der Waals surface area contributed by atoms with Crippen LogP contribution in [-0.4, -0.2) is 33.6 Å². The third-order valence-electron chi connectivity index (χ3n) is 4.07. The van der Waals surface area contributed by atoms with Gasteiger partial charge in [-0.25, -0.2) is 17.9 Å². The van der Waals surface area contributed by atoms with Gasteiger partial charge in [-0.1, -0.05) is 6.07 Å². The van der Waals surface area contributed by atoms with E-state index in [1.165, 1.54) is 13.2 Å². The summed E-state index contributed by atoms with van der Waals surface area (Å²) in [6.45, 7) is 1.61. The average molecular weight is 363 g/mol. The van der Waals surface area contributed by atoms with E-state index in [-0.39, 0.29) is 34.9 Å². The molecule has 0 saturated heterocycles. The van der Waals surface area contributed by atoms with Crippen molar-refractivity contribution in [3.63, 3.8) is 0 Å². The zero-order chi connectivity index (χ0) is 16.3. The Labute approximate surface area is 143 Å². The lowest BCUT2D eigenvalue weighted by atomic mass is 9.93. The van der Waals surface area contributed by atoms with Crippen LogP contribution in [0.5, 0.6) is 0 Å². The molecule has 1 aliphatic rings. The van der Waals surface area contributed by atoms with Gasteiger partial charge >= 0.3 is 5.97 Å². The maximum absolute atomic E-state index is 12.6. The molecule has 23 heavy (non-hydrogen) atoms. The molecule has 0 unspecified atom stereocenters. The fourth-order valence-electron chi connectivity index (χ4n) is 2.76. The first-order valence-corrected chi connectivity index (χ1v) is 8.79. The van der Waals surface area contributed by atoms with Gasteiger partial charge in [0.1, 0.15) is 0 Å². The number of esters is 1. The van der Waals surface area contributed by atoms with E-state index in [1.54, 1.807) is 19.1 Å². The Kier molecular flexibility index (Phi) is 7.01. The highest BCUT2D eigenvalue weighted by Crippen LogP contribution is 2.23. The van der Waals surface area contributed by atoms with Crippen molar-refractivity contribution >= 4 is 28.4 Å². The third-order valence-corrected chi connectivity index (χ3v) is 5.74. The van der Waals surface area contributed by atoms with E-state index in [4.69, 9.17) is 5.73 Å². The maximum atomic E-state index is 12.6. The Bertz CT molecular complexity index is 655. The molecule has 0 bridgehead atoms. The van der Waals surface area contributed by atoms with Crippen LogP contribution >= 0.6 is 12.4 Å². The van der Waals surface area contributed by atoms with E-state index in [9.17, 15) is 13.2 Å². The van der Waals surface area contributed by atoms with Crippen molar-refractivity contribution in [2.45, 2.75) is 49.6 Å². The summed E-state index contributed by atoms with van der Waals surface area (Å²) in [6, 6.07) is 4.65. The Morgan fingerprint density at radius 1 is 1.26 bits per heavy atom. The SMILES string of the molecule is COC(=O)c1cccc(S(=O)(=O)NC2CCC(N)CC2)c1C.Cl. The minimum Gasteiger partial charge on any atom is -0.465 e. The lowest BCUT2D eigenvalue weighted by Gasteiger charge is -2.27. The summed E-state index contributed by atoms with van der Waals surface area (Å²) < 4.78 is 32.5. The summed E-state index contributed by atoms with van der Waals surface area (Å²) in [6.07, 6.45) is 3.09. The van der Waals surface area contributed by atoms with E-state index < -0.39 is 16.0 Å². The predicted octanol–water partition coefficient (Wildman–Crippen LogP) is 1.75. The normalized spacial score (nSPS) is 21.3. The summed E-state index contributed by atoms with van der Waals surface area (Å²) in [5.41, 5.74) is 6.49. The standard InChI is InChI=1S/C15H22N2O4S.ClH/c1-10-13(15(18)21-2)4-3-5-14(10)22(19,20)17-12-8-6-11(16)7-9-12;/h3-5,11-12,17H,6-9,16H2,1-2H3;1H. The molecule has 130 valence electrons. The maximum Gasteiger partial charge on any atom is 0.338 e. The molecule has 2 rings (SSSR count). The highest BCUT2D eigenvalue weighted by atomic mass is 35.5. The highest BCUT2D eigenvalue weighted by molar-refractivity contribution is 7.89. The summed E-state index contributed by atoms with van der Waals surface area (Å²) >= 11 is 0. The lowest BCUT2D eigenvalue weighted by molar-refractivity contribution is 0.0599. The molecular formula is C15H23ClN2O4S. The van der Waals surface area contributed by atoms with Crippen LogP contribution in [-0.2, 0) is 14.8 Å². The van der Waals surface area contributed by atoms with Crippen molar-refractivity contribution in [3.05, 3.63) is 29.3 Å². The van der Waals surface area contributed by atoms with E-state index in [2.05, 4.69) is 9.46 Å². The average Bonchev–Trinajstić information content (AvgIpc) is 2.48. The van der Waals surface area contributed by atoms with Gasteiger partial charge in [-0.3, -0.25) is 0 Å². The zero-order valence-electron chi connectivity index (χ0n) is 13.2. The molecule has 0 radical (unpaired) electrons. The van der Waals surface area contributed by atoms with Crippen molar-refractivity contribution in [1.29, 1.82) is 0 Å². The van der Waals surface area contributed by atoms with Crippen molar-refractivity contribution in [2.24, 2.45) is 5.73 Å². The number of benzene rings is 1. The van der Waals surface area contributed by atoms with Crippen LogP contribution < -0.4 is 10.5 Å². The summed E-state index contributed by atoms with van der Waals surface area (Å²) in [4.78, 5) is 11.8. The van der Waals surface area contributed by atoms with Crippen molar-refractivity contribution in [2.75, 3.05) is 7.11 Å². The molecule has 8 heteroatoms. The molecule has 0 aliphatic heterocycles. The zero-order valence-corrected chi connectivity index (χ0v) is 14.9. The van der Waals surface area contributed by atoms with Crippen LogP contribution in [0.1, 0.15) is 41.6 Å². The second-order valence-corrected chi connectivity index (χ2v) is 7.34. The Morgan fingerprint density at radius 2 is 1.87 bits per heavy atom. The second-order valence-electron chi connectivity index (χ2n) is 5.65. The van der Waals surface area contributed by atoms with Gasteiger partial charge in [0.05, 0.1) is 17.6 Å². The summed E-state index contributed by atoms with van der Waals surface area (Å²) in [7, 11) is -2.40. The monoisotopic (exact) mass is 362 g/mol. The van der Waals surface area contributed by atoms with Crippen LogP contribution in [0.4, 0.5) is 0 Å². The number of methoxy groups -OCH3 is 1. The van der Waals surface area contributed by atoms with Crippen LogP contribution in [0.25, 0.3) is 0 Å². The number of sulfonamides is 1. The fourth-order valence-corrected chi connectivity index (χ4v) is 4.33. The minimum absolute atomic E-state index is 0. The number of halogens is 1. The van der Waals surface area contributed by atoms with Crippen LogP contribution in [0, 0.1) is 6.92 Å². The quantitative estimate of drug-likeness (QED) is 0.795. The van der Waals surface area contributed by atoms with E-state index in [0.717, 1.165) is 25.7 Å². The van der Waals surface area contributed by atoms with Gasteiger partial charge in [-0.2, -0.15) is 0 Å².